The van der Waals surface area contributed by atoms with Crippen LogP contribution in [-0.2, 0) is 6.54 Å². The number of pyridine rings is 1. The van der Waals surface area contributed by atoms with E-state index in [-0.39, 0.29) is 0 Å². The van der Waals surface area contributed by atoms with E-state index >= 15 is 0 Å². The van der Waals surface area contributed by atoms with Gasteiger partial charge in [0.05, 0.1) is 19.0 Å². The topological polar surface area (TPSA) is 54.0 Å². The highest BCUT2D eigenvalue weighted by atomic mass is 16.5. The van der Waals surface area contributed by atoms with Crippen LogP contribution in [0.5, 0.6) is 5.75 Å². The van der Waals surface area contributed by atoms with E-state index in [2.05, 4.69) is 38.3 Å². The van der Waals surface area contributed by atoms with Crippen LogP contribution >= 0.6 is 0 Å². The molecular weight excluding hydrogens is 312 g/mol. The van der Waals surface area contributed by atoms with Gasteiger partial charge >= 0.3 is 0 Å². The van der Waals surface area contributed by atoms with E-state index in [1.807, 2.05) is 30.6 Å². The monoisotopic (exact) mass is 334 g/mol. The van der Waals surface area contributed by atoms with Crippen molar-refractivity contribution < 1.29 is 4.74 Å². The Balaban J connectivity index is 1.55. The van der Waals surface area contributed by atoms with E-state index in [4.69, 9.17) is 4.74 Å². The Labute approximate surface area is 147 Å². The number of hydrogen-bond donors (Lipinski definition) is 1. The van der Waals surface area contributed by atoms with Crippen molar-refractivity contribution in [1.82, 2.24) is 20.1 Å². The van der Waals surface area contributed by atoms with Crippen molar-refractivity contribution >= 4 is 0 Å². The lowest BCUT2D eigenvalue weighted by Crippen LogP contribution is -2.22. The maximum Gasteiger partial charge on any atom is 0.118 e. The Morgan fingerprint density at radius 1 is 1.20 bits per heavy atom. The number of likely N-dealkylation sites (tertiary alicyclic amines) is 1. The smallest absolute Gasteiger partial charge is 0.118 e. The molecular formula is C20H22N4O. The summed E-state index contributed by atoms with van der Waals surface area (Å²) in [7, 11) is 1.70. The number of benzene rings is 1. The molecule has 5 heteroatoms. The van der Waals surface area contributed by atoms with Gasteiger partial charge in [-0.3, -0.25) is 15.0 Å². The van der Waals surface area contributed by atoms with E-state index in [0.29, 0.717) is 6.04 Å². The molecule has 1 aromatic carbocycles. The van der Waals surface area contributed by atoms with Gasteiger partial charge in [0.15, 0.2) is 0 Å². The van der Waals surface area contributed by atoms with Crippen molar-refractivity contribution in [2.75, 3.05) is 13.7 Å². The normalized spacial score (nSPS) is 17.7. The van der Waals surface area contributed by atoms with E-state index in [1.54, 1.807) is 13.3 Å². The standard InChI is InChI=1S/C20H22N4O/c1-25-18-8-6-15(7-9-18)19-5-3-11-24(19)14-17-13-22-23-20(17)16-4-2-10-21-12-16/h2,4,6-10,12-13,19H,3,5,11,14H2,1H3,(H,22,23). The second kappa shape index (κ2) is 7.07. The summed E-state index contributed by atoms with van der Waals surface area (Å²) < 4.78 is 5.28. The summed E-state index contributed by atoms with van der Waals surface area (Å²) >= 11 is 0. The van der Waals surface area contributed by atoms with Crippen LogP contribution < -0.4 is 4.74 Å². The zero-order chi connectivity index (χ0) is 17.1. The molecule has 0 radical (unpaired) electrons. The molecule has 1 aliphatic rings. The summed E-state index contributed by atoms with van der Waals surface area (Å²) in [5.41, 5.74) is 4.71. The maximum absolute atomic E-state index is 5.28. The lowest BCUT2D eigenvalue weighted by atomic mass is 10.0. The molecule has 1 fully saturated rings. The fourth-order valence-electron chi connectivity index (χ4n) is 3.63. The van der Waals surface area contributed by atoms with Gasteiger partial charge in [-0.05, 0) is 49.2 Å². The molecule has 1 unspecified atom stereocenters. The van der Waals surface area contributed by atoms with Crippen LogP contribution in [0.1, 0.15) is 30.0 Å². The van der Waals surface area contributed by atoms with Gasteiger partial charge in [-0.1, -0.05) is 12.1 Å². The molecule has 1 aliphatic heterocycles. The van der Waals surface area contributed by atoms with Gasteiger partial charge in [-0.25, -0.2) is 0 Å². The second-order valence-corrected chi connectivity index (χ2v) is 6.41. The molecule has 5 nitrogen and oxygen atoms in total. The Hall–Kier alpha value is -2.66. The van der Waals surface area contributed by atoms with Gasteiger partial charge in [-0.2, -0.15) is 5.10 Å². The second-order valence-electron chi connectivity index (χ2n) is 6.41. The molecule has 25 heavy (non-hydrogen) atoms. The Morgan fingerprint density at radius 3 is 2.84 bits per heavy atom. The first kappa shape index (κ1) is 15.8. The molecule has 1 N–H and O–H groups in total. The molecule has 128 valence electrons. The molecule has 3 aromatic rings. The summed E-state index contributed by atoms with van der Waals surface area (Å²) in [5, 5.41) is 7.40. The predicted molar refractivity (Wildman–Crippen MR) is 97.2 cm³/mol. The van der Waals surface area contributed by atoms with Crippen LogP contribution in [0.2, 0.25) is 0 Å². The Kier molecular flexibility index (Phi) is 4.48. The van der Waals surface area contributed by atoms with Crippen molar-refractivity contribution in [3.63, 3.8) is 0 Å². The van der Waals surface area contributed by atoms with Crippen LogP contribution in [-0.4, -0.2) is 33.7 Å². The third-order valence-electron chi connectivity index (χ3n) is 4.91. The fourth-order valence-corrected chi connectivity index (χ4v) is 3.63. The minimum atomic E-state index is 0.447. The first-order valence-electron chi connectivity index (χ1n) is 8.66. The van der Waals surface area contributed by atoms with Crippen molar-refractivity contribution in [2.45, 2.75) is 25.4 Å². The van der Waals surface area contributed by atoms with Gasteiger partial charge in [0.2, 0.25) is 0 Å². The Morgan fingerprint density at radius 2 is 2.08 bits per heavy atom. The number of ether oxygens (including phenoxy) is 1. The minimum Gasteiger partial charge on any atom is -0.497 e. The van der Waals surface area contributed by atoms with Gasteiger partial charge in [-0.15, -0.1) is 0 Å². The van der Waals surface area contributed by atoms with Crippen molar-refractivity contribution in [1.29, 1.82) is 0 Å². The van der Waals surface area contributed by atoms with Gasteiger partial charge in [0.25, 0.3) is 0 Å². The molecule has 1 atom stereocenters. The van der Waals surface area contributed by atoms with Crippen molar-refractivity contribution in [3.05, 3.63) is 66.1 Å². The average molecular weight is 334 g/mol. The average Bonchev–Trinajstić information content (AvgIpc) is 3.32. The van der Waals surface area contributed by atoms with Crippen molar-refractivity contribution in [2.24, 2.45) is 0 Å². The van der Waals surface area contributed by atoms with E-state index in [1.165, 1.54) is 24.0 Å². The molecule has 0 saturated carbocycles. The number of methoxy groups -OCH3 is 1. The van der Waals surface area contributed by atoms with Gasteiger partial charge < -0.3 is 4.74 Å². The number of nitrogens with one attached hydrogen (secondary N) is 1. The first-order valence-corrected chi connectivity index (χ1v) is 8.66. The summed E-state index contributed by atoms with van der Waals surface area (Å²) in [6, 6.07) is 12.9. The summed E-state index contributed by atoms with van der Waals surface area (Å²) in [6.45, 7) is 1.99. The van der Waals surface area contributed by atoms with E-state index in [0.717, 1.165) is 30.1 Å². The highest BCUT2D eigenvalue weighted by Gasteiger charge is 2.27. The van der Waals surface area contributed by atoms with Gasteiger partial charge in [0, 0.05) is 36.1 Å². The third kappa shape index (κ3) is 3.28. The van der Waals surface area contributed by atoms with Crippen LogP contribution in [0.25, 0.3) is 11.3 Å². The third-order valence-corrected chi connectivity index (χ3v) is 4.91. The SMILES string of the molecule is COc1ccc(C2CCCN2Cc2cn[nH]c2-c2cccnc2)cc1. The number of H-pyrrole nitrogens is 1. The lowest BCUT2D eigenvalue weighted by molar-refractivity contribution is 0.249. The predicted octanol–water partition coefficient (Wildman–Crippen LogP) is 3.82. The molecule has 3 heterocycles. The largest absolute Gasteiger partial charge is 0.497 e. The zero-order valence-electron chi connectivity index (χ0n) is 14.4. The first-order chi connectivity index (χ1) is 12.3. The maximum atomic E-state index is 5.28. The van der Waals surface area contributed by atoms with Crippen LogP contribution in [0.3, 0.4) is 0 Å². The fraction of sp³-hybridized carbons (Fsp3) is 0.300. The minimum absolute atomic E-state index is 0.447. The summed E-state index contributed by atoms with van der Waals surface area (Å²) in [5.74, 6) is 0.905. The number of hydrogen-bond acceptors (Lipinski definition) is 4. The summed E-state index contributed by atoms with van der Waals surface area (Å²) in [4.78, 5) is 6.75. The van der Waals surface area contributed by atoms with Crippen molar-refractivity contribution in [3.8, 4) is 17.0 Å². The van der Waals surface area contributed by atoms with Gasteiger partial charge in [0.1, 0.15) is 5.75 Å². The quantitative estimate of drug-likeness (QED) is 0.771. The number of aromatic amines is 1. The summed E-state index contributed by atoms with van der Waals surface area (Å²) in [6.07, 6.45) is 8.01. The van der Waals surface area contributed by atoms with Crippen LogP contribution in [0, 0.1) is 0 Å². The number of rotatable bonds is 5. The molecule has 4 rings (SSSR count). The highest BCUT2D eigenvalue weighted by molar-refractivity contribution is 5.61. The lowest BCUT2D eigenvalue weighted by Gasteiger charge is -2.25. The number of aromatic nitrogens is 3. The van der Waals surface area contributed by atoms with Crippen LogP contribution in [0.15, 0.2) is 55.0 Å². The number of nitrogens with zero attached hydrogens (tertiary/aromatic N) is 3. The Bertz CT molecular complexity index is 813. The van der Waals surface area contributed by atoms with Crippen LogP contribution in [0.4, 0.5) is 0 Å². The molecule has 2 aromatic heterocycles. The molecule has 1 saturated heterocycles. The van der Waals surface area contributed by atoms with E-state index < -0.39 is 0 Å². The van der Waals surface area contributed by atoms with E-state index in [9.17, 15) is 0 Å². The molecule has 0 amide bonds. The molecule has 0 bridgehead atoms. The zero-order valence-corrected chi connectivity index (χ0v) is 14.4. The molecule has 0 aliphatic carbocycles. The molecule has 0 spiro atoms. The highest BCUT2D eigenvalue weighted by Crippen LogP contribution is 2.35.